The van der Waals surface area contributed by atoms with Crippen molar-refractivity contribution in [2.45, 2.75) is 45.6 Å². The average Bonchev–Trinajstić information content (AvgIpc) is 2.99. The second-order valence-corrected chi connectivity index (χ2v) is 7.15. The summed E-state index contributed by atoms with van der Waals surface area (Å²) >= 11 is 0. The van der Waals surface area contributed by atoms with Gasteiger partial charge in [0.2, 0.25) is 0 Å². The zero-order valence-electron chi connectivity index (χ0n) is 14.5. The second-order valence-electron chi connectivity index (χ2n) is 7.15. The highest BCUT2D eigenvalue weighted by Gasteiger charge is 2.25. The molecule has 0 amide bonds. The third kappa shape index (κ3) is 3.68. The molecule has 1 aromatic carbocycles. The fourth-order valence-corrected chi connectivity index (χ4v) is 2.92. The molecule has 0 unspecified atom stereocenters. The highest BCUT2D eigenvalue weighted by molar-refractivity contribution is 5.96. The molecule has 3 rings (SSSR count). The third-order valence-corrected chi connectivity index (χ3v) is 4.02. The number of nitro benzene ring substituents is 1. The number of pyridine rings is 1. The molecule has 0 atom stereocenters. The molecule has 0 bridgehead atoms. The van der Waals surface area contributed by atoms with Crippen LogP contribution in [0, 0.1) is 10.1 Å². The number of hydrogen-bond acceptors (Lipinski definition) is 5. The number of esters is 1. The fraction of sp³-hybridized carbons (Fsp3) is 0.368. The van der Waals surface area contributed by atoms with Crippen LogP contribution >= 0.6 is 0 Å². The molecule has 0 aliphatic heterocycles. The summed E-state index contributed by atoms with van der Waals surface area (Å²) in [6, 6.07) is 7.94. The maximum atomic E-state index is 12.7. The zero-order chi connectivity index (χ0) is 18.2. The Kier molecular flexibility index (Phi) is 4.29. The first-order chi connectivity index (χ1) is 11.7. The highest BCUT2D eigenvalue weighted by atomic mass is 16.6. The molecular formula is C19H20N2O4. The third-order valence-electron chi connectivity index (χ3n) is 4.02. The normalized spacial score (nSPS) is 13.4. The molecule has 6 heteroatoms. The van der Waals surface area contributed by atoms with Gasteiger partial charge >= 0.3 is 5.97 Å². The van der Waals surface area contributed by atoms with Gasteiger partial charge in [-0.1, -0.05) is 0 Å². The molecule has 130 valence electrons. The lowest BCUT2D eigenvalue weighted by Gasteiger charge is -2.21. The Labute approximate surface area is 146 Å². The Hall–Kier alpha value is -2.76. The topological polar surface area (TPSA) is 82.3 Å². The van der Waals surface area contributed by atoms with Gasteiger partial charge in [0.1, 0.15) is 5.60 Å². The number of fused-ring (bicyclic) bond motifs is 1. The van der Waals surface area contributed by atoms with Gasteiger partial charge in [-0.15, -0.1) is 0 Å². The summed E-state index contributed by atoms with van der Waals surface area (Å²) in [5, 5.41) is 10.8. The van der Waals surface area contributed by atoms with Crippen LogP contribution in [0.4, 0.5) is 5.69 Å². The molecule has 1 aromatic heterocycles. The van der Waals surface area contributed by atoms with Gasteiger partial charge in [-0.25, -0.2) is 4.79 Å². The van der Waals surface area contributed by atoms with Crippen molar-refractivity contribution in [1.29, 1.82) is 0 Å². The van der Waals surface area contributed by atoms with E-state index in [1.165, 1.54) is 12.1 Å². The van der Waals surface area contributed by atoms with Gasteiger partial charge in [0.25, 0.3) is 5.69 Å². The molecule has 1 heterocycles. The first-order valence-corrected chi connectivity index (χ1v) is 8.25. The lowest BCUT2D eigenvalue weighted by molar-refractivity contribution is -0.384. The maximum Gasteiger partial charge on any atom is 0.340 e. The summed E-state index contributed by atoms with van der Waals surface area (Å²) in [5.74, 6) is -0.428. The molecule has 25 heavy (non-hydrogen) atoms. The van der Waals surface area contributed by atoms with Gasteiger partial charge in [0.15, 0.2) is 0 Å². The van der Waals surface area contributed by atoms with Crippen molar-refractivity contribution in [3.05, 3.63) is 57.3 Å². The number of benzene rings is 1. The predicted molar refractivity (Wildman–Crippen MR) is 93.5 cm³/mol. The number of hydrogen-bond donors (Lipinski definition) is 0. The van der Waals surface area contributed by atoms with Crippen LogP contribution in [0.2, 0.25) is 0 Å². The Morgan fingerprint density at radius 3 is 2.48 bits per heavy atom. The Balaban J connectivity index is 2.08. The molecule has 0 N–H and O–H groups in total. The number of nitro groups is 1. The first kappa shape index (κ1) is 17.1. The van der Waals surface area contributed by atoms with Gasteiger partial charge < -0.3 is 4.74 Å². The zero-order valence-corrected chi connectivity index (χ0v) is 14.5. The molecule has 1 aliphatic rings. The standard InChI is InChI=1S/C19H20N2O4/c1-19(2,3)25-18(22)15-11-13-5-4-6-16(13)20-17(15)12-7-9-14(10-8-12)21(23)24/h7-11H,4-6H2,1-3H3. The lowest BCUT2D eigenvalue weighted by atomic mass is 10.0. The quantitative estimate of drug-likeness (QED) is 0.477. The number of carbonyl (C=O) groups excluding carboxylic acids is 1. The minimum Gasteiger partial charge on any atom is -0.456 e. The van der Waals surface area contributed by atoms with Crippen LogP contribution < -0.4 is 0 Å². The number of ether oxygens (including phenoxy) is 1. The Bertz CT molecular complexity index is 836. The highest BCUT2D eigenvalue weighted by Crippen LogP contribution is 2.31. The Morgan fingerprint density at radius 2 is 1.88 bits per heavy atom. The van der Waals surface area contributed by atoms with Crippen molar-refractivity contribution < 1.29 is 14.5 Å². The van der Waals surface area contributed by atoms with Gasteiger partial charge in [0.05, 0.1) is 16.2 Å². The summed E-state index contributed by atoms with van der Waals surface area (Å²) in [6.07, 6.45) is 2.79. The van der Waals surface area contributed by atoms with Crippen molar-refractivity contribution in [2.24, 2.45) is 0 Å². The van der Waals surface area contributed by atoms with Crippen molar-refractivity contribution in [1.82, 2.24) is 4.98 Å². The number of rotatable bonds is 3. The Morgan fingerprint density at radius 1 is 1.20 bits per heavy atom. The van der Waals surface area contributed by atoms with E-state index in [4.69, 9.17) is 4.74 Å². The van der Waals surface area contributed by atoms with E-state index in [-0.39, 0.29) is 5.69 Å². The van der Waals surface area contributed by atoms with E-state index in [1.807, 2.05) is 26.8 Å². The summed E-state index contributed by atoms with van der Waals surface area (Å²) in [6.45, 7) is 5.45. The van der Waals surface area contributed by atoms with Crippen molar-refractivity contribution in [3.63, 3.8) is 0 Å². The summed E-state index contributed by atoms with van der Waals surface area (Å²) in [5.41, 5.74) is 3.05. The van der Waals surface area contributed by atoms with E-state index in [9.17, 15) is 14.9 Å². The molecule has 0 spiro atoms. The number of aromatic nitrogens is 1. The minimum absolute atomic E-state index is 0.00345. The largest absolute Gasteiger partial charge is 0.456 e. The molecule has 0 saturated carbocycles. The number of carbonyl (C=O) groups is 1. The van der Waals surface area contributed by atoms with E-state index < -0.39 is 16.5 Å². The van der Waals surface area contributed by atoms with Crippen LogP contribution in [0.15, 0.2) is 30.3 Å². The second kappa shape index (κ2) is 6.27. The van der Waals surface area contributed by atoms with E-state index >= 15 is 0 Å². The molecule has 2 aromatic rings. The minimum atomic E-state index is -0.608. The summed E-state index contributed by atoms with van der Waals surface area (Å²) in [7, 11) is 0. The fourth-order valence-electron chi connectivity index (χ4n) is 2.92. The van der Waals surface area contributed by atoms with Crippen LogP contribution in [0.1, 0.15) is 48.8 Å². The van der Waals surface area contributed by atoms with Crippen molar-refractivity contribution in [2.75, 3.05) is 0 Å². The number of nitrogens with zero attached hydrogens (tertiary/aromatic N) is 2. The molecule has 0 fully saturated rings. The monoisotopic (exact) mass is 340 g/mol. The van der Waals surface area contributed by atoms with Crippen LogP contribution in [-0.2, 0) is 17.6 Å². The van der Waals surface area contributed by atoms with Crippen LogP contribution in [0.25, 0.3) is 11.3 Å². The summed E-state index contributed by atoms with van der Waals surface area (Å²) in [4.78, 5) is 27.7. The van der Waals surface area contributed by atoms with E-state index in [2.05, 4.69) is 4.98 Å². The molecule has 0 saturated heterocycles. The smallest absolute Gasteiger partial charge is 0.340 e. The summed E-state index contributed by atoms with van der Waals surface area (Å²) < 4.78 is 5.52. The molecular weight excluding hydrogens is 320 g/mol. The number of aryl methyl sites for hydroxylation is 2. The average molecular weight is 340 g/mol. The number of non-ortho nitro benzene ring substituents is 1. The van der Waals surface area contributed by atoms with E-state index in [0.29, 0.717) is 16.8 Å². The van der Waals surface area contributed by atoms with Gasteiger partial charge in [-0.3, -0.25) is 15.1 Å². The van der Waals surface area contributed by atoms with Crippen LogP contribution in [0.5, 0.6) is 0 Å². The van der Waals surface area contributed by atoms with Crippen LogP contribution in [0.3, 0.4) is 0 Å². The van der Waals surface area contributed by atoms with E-state index in [0.717, 1.165) is 30.5 Å². The molecule has 0 radical (unpaired) electrons. The first-order valence-electron chi connectivity index (χ1n) is 8.25. The lowest BCUT2D eigenvalue weighted by Crippen LogP contribution is -2.24. The van der Waals surface area contributed by atoms with Gasteiger partial charge in [0, 0.05) is 23.4 Å². The van der Waals surface area contributed by atoms with E-state index in [1.54, 1.807) is 12.1 Å². The van der Waals surface area contributed by atoms with Gasteiger partial charge in [-0.05, 0) is 63.8 Å². The molecule has 6 nitrogen and oxygen atoms in total. The predicted octanol–water partition coefficient (Wildman–Crippen LogP) is 4.10. The SMILES string of the molecule is CC(C)(C)OC(=O)c1cc2c(nc1-c1ccc([N+](=O)[O-])cc1)CCC2. The van der Waals surface area contributed by atoms with Crippen molar-refractivity contribution in [3.8, 4) is 11.3 Å². The van der Waals surface area contributed by atoms with Crippen molar-refractivity contribution >= 4 is 11.7 Å². The van der Waals surface area contributed by atoms with Gasteiger partial charge in [-0.2, -0.15) is 0 Å². The van der Waals surface area contributed by atoms with Crippen LogP contribution in [-0.4, -0.2) is 21.5 Å². The maximum absolute atomic E-state index is 12.7. The molecule has 1 aliphatic carbocycles.